The molecular weight excluding hydrogens is 320 g/mol. The van der Waals surface area contributed by atoms with Crippen LogP contribution in [0.1, 0.15) is 30.1 Å². The summed E-state index contributed by atoms with van der Waals surface area (Å²) in [7, 11) is 1.62. The Balaban J connectivity index is 2.02. The Morgan fingerprint density at radius 3 is 2.83 bits per heavy atom. The molecule has 1 aliphatic heterocycles. The Bertz CT molecular complexity index is 519. The second kappa shape index (κ2) is 9.05. The first kappa shape index (κ1) is 18.0. The number of piperidine rings is 1. The van der Waals surface area contributed by atoms with Crippen LogP contribution >= 0.6 is 11.6 Å². The van der Waals surface area contributed by atoms with Crippen LogP contribution in [-0.2, 0) is 14.2 Å². The lowest BCUT2D eigenvalue weighted by atomic mass is 9.97. The van der Waals surface area contributed by atoms with Gasteiger partial charge in [-0.25, -0.2) is 9.78 Å². The Kier molecular flexibility index (Phi) is 7.08. The maximum absolute atomic E-state index is 12.1. The van der Waals surface area contributed by atoms with E-state index in [-0.39, 0.29) is 5.97 Å². The van der Waals surface area contributed by atoms with E-state index in [0.29, 0.717) is 36.6 Å². The van der Waals surface area contributed by atoms with E-state index in [1.54, 1.807) is 20.1 Å². The van der Waals surface area contributed by atoms with Gasteiger partial charge in [0, 0.05) is 26.4 Å². The van der Waals surface area contributed by atoms with Crippen molar-refractivity contribution in [1.29, 1.82) is 0 Å². The number of carbonyl (C=O) groups is 1. The normalized spacial score (nSPS) is 15.7. The number of nitrogens with zero attached hydrogens (tertiary/aromatic N) is 2. The molecule has 0 amide bonds. The Morgan fingerprint density at radius 2 is 2.17 bits per heavy atom. The molecule has 0 saturated carbocycles. The summed E-state index contributed by atoms with van der Waals surface area (Å²) in [5.74, 6) is 0.141. The molecule has 2 heterocycles. The van der Waals surface area contributed by atoms with Crippen molar-refractivity contribution in [2.24, 2.45) is 5.92 Å². The van der Waals surface area contributed by atoms with Crippen molar-refractivity contribution in [3.05, 3.63) is 23.0 Å². The van der Waals surface area contributed by atoms with Gasteiger partial charge in [0.05, 0.1) is 18.9 Å². The monoisotopic (exact) mass is 342 g/mol. The van der Waals surface area contributed by atoms with Gasteiger partial charge in [0.1, 0.15) is 17.5 Å². The Hall–Kier alpha value is -1.37. The molecule has 1 aromatic heterocycles. The lowest BCUT2D eigenvalue weighted by Crippen LogP contribution is -2.36. The number of carbonyl (C=O) groups excluding carboxylic acids is 1. The molecule has 0 unspecified atom stereocenters. The highest BCUT2D eigenvalue weighted by Gasteiger charge is 2.24. The van der Waals surface area contributed by atoms with Gasteiger partial charge in [-0.05, 0) is 31.7 Å². The zero-order valence-electron chi connectivity index (χ0n) is 13.6. The molecule has 23 heavy (non-hydrogen) atoms. The van der Waals surface area contributed by atoms with E-state index < -0.39 is 0 Å². The van der Waals surface area contributed by atoms with Gasteiger partial charge in [-0.3, -0.25) is 0 Å². The number of pyridine rings is 1. The minimum atomic E-state index is -0.364. The molecular formula is C16H23ClN2O4. The molecule has 7 heteroatoms. The first-order chi connectivity index (χ1) is 11.2. The third-order valence-corrected chi connectivity index (χ3v) is 4.06. The van der Waals surface area contributed by atoms with Gasteiger partial charge < -0.3 is 19.1 Å². The second-order valence-corrected chi connectivity index (χ2v) is 5.84. The number of hydrogen-bond donors (Lipinski definition) is 0. The van der Waals surface area contributed by atoms with Gasteiger partial charge in [0.15, 0.2) is 0 Å². The Labute approximate surface area is 141 Å². The minimum absolute atomic E-state index is 0.327. The molecule has 1 aromatic rings. The van der Waals surface area contributed by atoms with Crippen LogP contribution in [0.4, 0.5) is 5.69 Å². The summed E-state index contributed by atoms with van der Waals surface area (Å²) in [5, 5.41) is 0.374. The minimum Gasteiger partial charge on any atom is -0.462 e. The van der Waals surface area contributed by atoms with Crippen molar-refractivity contribution in [2.75, 3.05) is 45.1 Å². The number of anilines is 1. The van der Waals surface area contributed by atoms with Crippen LogP contribution in [0, 0.1) is 5.92 Å². The van der Waals surface area contributed by atoms with Gasteiger partial charge >= 0.3 is 5.97 Å². The van der Waals surface area contributed by atoms with Crippen molar-refractivity contribution in [1.82, 2.24) is 4.98 Å². The smallest absolute Gasteiger partial charge is 0.341 e. The number of esters is 1. The average molecular weight is 343 g/mol. The number of aromatic nitrogens is 1. The van der Waals surface area contributed by atoms with Crippen molar-refractivity contribution < 1.29 is 19.0 Å². The largest absolute Gasteiger partial charge is 0.462 e. The van der Waals surface area contributed by atoms with Crippen LogP contribution in [0.5, 0.6) is 0 Å². The topological polar surface area (TPSA) is 60.9 Å². The van der Waals surface area contributed by atoms with E-state index >= 15 is 0 Å². The molecule has 0 aliphatic carbocycles. The maximum Gasteiger partial charge on any atom is 0.341 e. The molecule has 0 aromatic carbocycles. The summed E-state index contributed by atoms with van der Waals surface area (Å²) in [5.41, 5.74) is 1.25. The van der Waals surface area contributed by atoms with Crippen LogP contribution in [0.2, 0.25) is 5.15 Å². The fraction of sp³-hybridized carbons (Fsp3) is 0.625. The average Bonchev–Trinajstić information content (AvgIpc) is 2.56. The molecule has 0 spiro atoms. The SMILES string of the molecule is CCOC(=O)c1cnc(Cl)cc1N1CCC(COCOC)CC1. The summed E-state index contributed by atoms with van der Waals surface area (Å²) < 4.78 is 15.4. The molecule has 0 N–H and O–H groups in total. The van der Waals surface area contributed by atoms with Crippen LogP contribution in [-0.4, -0.2) is 51.2 Å². The third-order valence-electron chi connectivity index (χ3n) is 3.85. The van der Waals surface area contributed by atoms with Crippen LogP contribution in [0.3, 0.4) is 0 Å². The predicted octanol–water partition coefficient (Wildman–Crippen LogP) is 2.75. The summed E-state index contributed by atoms with van der Waals surface area (Å²) in [6.07, 6.45) is 3.47. The molecule has 0 radical (unpaired) electrons. The fourth-order valence-electron chi connectivity index (χ4n) is 2.69. The van der Waals surface area contributed by atoms with Crippen molar-refractivity contribution in [2.45, 2.75) is 19.8 Å². The van der Waals surface area contributed by atoms with Crippen molar-refractivity contribution in [3.63, 3.8) is 0 Å². The quantitative estimate of drug-likeness (QED) is 0.328. The highest BCUT2D eigenvalue weighted by atomic mass is 35.5. The molecule has 2 rings (SSSR count). The van der Waals surface area contributed by atoms with Gasteiger partial charge in [0.25, 0.3) is 0 Å². The lowest BCUT2D eigenvalue weighted by molar-refractivity contribution is -0.0456. The number of rotatable bonds is 7. The zero-order chi connectivity index (χ0) is 16.7. The second-order valence-electron chi connectivity index (χ2n) is 5.45. The maximum atomic E-state index is 12.1. The van der Waals surface area contributed by atoms with Gasteiger partial charge in [-0.15, -0.1) is 0 Å². The van der Waals surface area contributed by atoms with E-state index in [4.69, 9.17) is 25.8 Å². The highest BCUT2D eigenvalue weighted by molar-refractivity contribution is 6.29. The van der Waals surface area contributed by atoms with E-state index in [1.165, 1.54) is 6.20 Å². The molecule has 1 fully saturated rings. The highest BCUT2D eigenvalue weighted by Crippen LogP contribution is 2.28. The van der Waals surface area contributed by atoms with Gasteiger partial charge in [-0.2, -0.15) is 0 Å². The standard InChI is InChI=1S/C16H23ClN2O4/c1-3-23-16(20)13-9-18-15(17)8-14(13)19-6-4-12(5-7-19)10-22-11-21-2/h8-9,12H,3-7,10-11H2,1-2H3. The van der Waals surface area contributed by atoms with E-state index in [1.807, 2.05) is 0 Å². The van der Waals surface area contributed by atoms with Crippen LogP contribution in [0.15, 0.2) is 12.3 Å². The molecule has 0 bridgehead atoms. The third kappa shape index (κ3) is 5.06. The van der Waals surface area contributed by atoms with Gasteiger partial charge in [-0.1, -0.05) is 11.6 Å². The van der Waals surface area contributed by atoms with E-state index in [2.05, 4.69) is 9.88 Å². The zero-order valence-corrected chi connectivity index (χ0v) is 14.3. The number of methoxy groups -OCH3 is 1. The van der Waals surface area contributed by atoms with Crippen LogP contribution < -0.4 is 4.90 Å². The lowest BCUT2D eigenvalue weighted by Gasteiger charge is -2.34. The summed E-state index contributed by atoms with van der Waals surface area (Å²) in [6, 6.07) is 1.73. The van der Waals surface area contributed by atoms with Crippen molar-refractivity contribution in [3.8, 4) is 0 Å². The molecule has 1 saturated heterocycles. The fourth-order valence-corrected chi connectivity index (χ4v) is 2.84. The number of hydrogen-bond acceptors (Lipinski definition) is 6. The van der Waals surface area contributed by atoms with E-state index in [9.17, 15) is 4.79 Å². The Morgan fingerprint density at radius 1 is 1.43 bits per heavy atom. The predicted molar refractivity (Wildman–Crippen MR) is 88.0 cm³/mol. The van der Waals surface area contributed by atoms with Crippen LogP contribution in [0.25, 0.3) is 0 Å². The van der Waals surface area contributed by atoms with E-state index in [0.717, 1.165) is 31.6 Å². The number of halogens is 1. The molecule has 128 valence electrons. The molecule has 6 nitrogen and oxygen atoms in total. The first-order valence-electron chi connectivity index (χ1n) is 7.80. The molecule has 1 aliphatic rings. The first-order valence-corrected chi connectivity index (χ1v) is 8.17. The number of ether oxygens (including phenoxy) is 3. The molecule has 0 atom stereocenters. The summed E-state index contributed by atoms with van der Waals surface area (Å²) in [6.45, 7) is 4.82. The summed E-state index contributed by atoms with van der Waals surface area (Å²) >= 11 is 6.01. The summed E-state index contributed by atoms with van der Waals surface area (Å²) in [4.78, 5) is 18.3. The van der Waals surface area contributed by atoms with Crippen molar-refractivity contribution >= 4 is 23.3 Å². The van der Waals surface area contributed by atoms with Gasteiger partial charge in [0.2, 0.25) is 0 Å².